The second-order valence-corrected chi connectivity index (χ2v) is 5.57. The molecule has 0 spiro atoms. The van der Waals surface area contributed by atoms with Crippen LogP contribution in [0, 0.1) is 0 Å². The van der Waals surface area contributed by atoms with Crippen LogP contribution in [-0.4, -0.2) is 24.8 Å². The van der Waals surface area contributed by atoms with Crippen molar-refractivity contribution in [3.63, 3.8) is 0 Å². The quantitative estimate of drug-likeness (QED) is 0.870. The number of ether oxygens (including phenoxy) is 2. The molecule has 1 aliphatic heterocycles. The molecule has 1 unspecified atom stereocenters. The molecule has 1 atom stereocenters. The molecule has 0 aromatic heterocycles. The van der Waals surface area contributed by atoms with Gasteiger partial charge in [-0.25, -0.2) is 0 Å². The van der Waals surface area contributed by atoms with Crippen LogP contribution in [0.3, 0.4) is 0 Å². The molecule has 0 saturated heterocycles. The minimum Gasteiger partial charge on any atom is -0.454 e. The molecule has 0 amide bonds. The minimum absolute atomic E-state index is 0.260. The van der Waals surface area contributed by atoms with Gasteiger partial charge in [0.2, 0.25) is 6.79 Å². The third-order valence-electron chi connectivity index (χ3n) is 2.94. The van der Waals surface area contributed by atoms with Gasteiger partial charge >= 0.3 is 0 Å². The summed E-state index contributed by atoms with van der Waals surface area (Å²) in [7, 11) is 0. The van der Waals surface area contributed by atoms with Crippen LogP contribution in [0.15, 0.2) is 12.1 Å². The molecule has 0 bridgehead atoms. The van der Waals surface area contributed by atoms with Crippen molar-refractivity contribution in [2.75, 3.05) is 18.8 Å². The van der Waals surface area contributed by atoms with Gasteiger partial charge in [-0.3, -0.25) is 0 Å². The molecule has 0 saturated carbocycles. The Labute approximate surface area is 117 Å². The molecule has 100 valence electrons. The minimum atomic E-state index is 0.260. The summed E-state index contributed by atoms with van der Waals surface area (Å²) in [5.41, 5.74) is 1.13. The van der Waals surface area contributed by atoms with Crippen LogP contribution < -0.4 is 14.8 Å². The third-order valence-corrected chi connectivity index (χ3v) is 3.96. The van der Waals surface area contributed by atoms with Crippen molar-refractivity contribution < 1.29 is 9.47 Å². The van der Waals surface area contributed by atoms with Crippen LogP contribution >= 0.6 is 23.4 Å². The highest BCUT2D eigenvalue weighted by Gasteiger charge is 2.18. The fourth-order valence-electron chi connectivity index (χ4n) is 1.91. The molecule has 1 aliphatic rings. The van der Waals surface area contributed by atoms with E-state index in [4.69, 9.17) is 21.1 Å². The highest BCUT2D eigenvalue weighted by Crippen LogP contribution is 2.39. The molecule has 18 heavy (non-hydrogen) atoms. The van der Waals surface area contributed by atoms with Crippen LogP contribution in [0.2, 0.25) is 5.02 Å². The van der Waals surface area contributed by atoms with E-state index in [0.717, 1.165) is 30.0 Å². The number of fused-ring (bicyclic) bond motifs is 1. The van der Waals surface area contributed by atoms with E-state index in [1.807, 2.05) is 23.9 Å². The smallest absolute Gasteiger partial charge is 0.231 e. The Kier molecular flexibility index (Phi) is 5.03. The number of benzene rings is 1. The largest absolute Gasteiger partial charge is 0.454 e. The summed E-state index contributed by atoms with van der Waals surface area (Å²) in [5.74, 6) is 2.53. The van der Waals surface area contributed by atoms with Crippen LogP contribution in [0.5, 0.6) is 11.5 Å². The lowest BCUT2D eigenvalue weighted by Crippen LogP contribution is -2.30. The van der Waals surface area contributed by atoms with E-state index < -0.39 is 0 Å². The number of thioether (sulfide) groups is 1. The Balaban J connectivity index is 1.99. The Morgan fingerprint density at radius 2 is 2.28 bits per heavy atom. The monoisotopic (exact) mass is 287 g/mol. The molecule has 5 heteroatoms. The molecule has 0 radical (unpaired) electrons. The van der Waals surface area contributed by atoms with Gasteiger partial charge in [0.25, 0.3) is 0 Å². The lowest BCUT2D eigenvalue weighted by molar-refractivity contribution is 0.174. The highest BCUT2D eigenvalue weighted by molar-refractivity contribution is 7.98. The third kappa shape index (κ3) is 3.25. The van der Waals surface area contributed by atoms with Crippen molar-refractivity contribution in [1.29, 1.82) is 0 Å². The van der Waals surface area contributed by atoms with E-state index >= 15 is 0 Å². The van der Waals surface area contributed by atoms with Crippen molar-refractivity contribution in [2.24, 2.45) is 0 Å². The first-order valence-corrected chi connectivity index (χ1v) is 7.82. The van der Waals surface area contributed by atoms with Crippen molar-refractivity contribution in [3.05, 3.63) is 22.7 Å². The Bertz CT molecular complexity index is 414. The maximum atomic E-state index is 6.15. The van der Waals surface area contributed by atoms with E-state index in [-0.39, 0.29) is 6.79 Å². The standard InChI is InChI=1S/C13H18ClNO2S/c1-3-10(7-18-2)15-6-9-4-11(14)13-12(5-9)16-8-17-13/h4-5,10,15H,3,6-8H2,1-2H3. The Hall–Kier alpha value is -0.580. The average Bonchev–Trinajstić information content (AvgIpc) is 2.83. The van der Waals surface area contributed by atoms with Crippen LogP contribution in [-0.2, 0) is 6.54 Å². The molecule has 0 fully saturated rings. The predicted octanol–water partition coefficient (Wildman–Crippen LogP) is 3.30. The Morgan fingerprint density at radius 3 is 3.00 bits per heavy atom. The fraction of sp³-hybridized carbons (Fsp3) is 0.538. The Morgan fingerprint density at radius 1 is 1.44 bits per heavy atom. The average molecular weight is 288 g/mol. The van der Waals surface area contributed by atoms with Gasteiger partial charge in [-0.05, 0) is 30.4 Å². The van der Waals surface area contributed by atoms with E-state index in [2.05, 4.69) is 18.5 Å². The van der Waals surface area contributed by atoms with Gasteiger partial charge in [-0.2, -0.15) is 11.8 Å². The normalized spacial score (nSPS) is 14.8. The predicted molar refractivity (Wildman–Crippen MR) is 76.9 cm³/mol. The fourth-order valence-corrected chi connectivity index (χ4v) is 2.95. The second kappa shape index (κ2) is 6.55. The number of hydrogen-bond acceptors (Lipinski definition) is 4. The van der Waals surface area contributed by atoms with Crippen molar-refractivity contribution in [3.8, 4) is 11.5 Å². The van der Waals surface area contributed by atoms with Crippen molar-refractivity contribution >= 4 is 23.4 Å². The van der Waals surface area contributed by atoms with Gasteiger partial charge in [0.15, 0.2) is 11.5 Å². The second-order valence-electron chi connectivity index (χ2n) is 4.25. The molecule has 1 N–H and O–H groups in total. The highest BCUT2D eigenvalue weighted by atomic mass is 35.5. The topological polar surface area (TPSA) is 30.5 Å². The number of nitrogens with one attached hydrogen (secondary N) is 1. The molecular formula is C13H18ClNO2S. The summed E-state index contributed by atoms with van der Waals surface area (Å²) in [4.78, 5) is 0. The van der Waals surface area contributed by atoms with E-state index in [0.29, 0.717) is 16.8 Å². The van der Waals surface area contributed by atoms with Gasteiger partial charge in [0.05, 0.1) is 5.02 Å². The zero-order valence-corrected chi connectivity index (χ0v) is 12.2. The summed E-state index contributed by atoms with van der Waals surface area (Å²) >= 11 is 8.01. The van der Waals surface area contributed by atoms with Crippen molar-refractivity contribution in [1.82, 2.24) is 5.32 Å². The van der Waals surface area contributed by atoms with Gasteiger partial charge in [-0.1, -0.05) is 18.5 Å². The van der Waals surface area contributed by atoms with Crippen LogP contribution in [0.25, 0.3) is 0 Å². The van der Waals surface area contributed by atoms with Crippen molar-refractivity contribution in [2.45, 2.75) is 25.9 Å². The summed E-state index contributed by atoms with van der Waals surface area (Å²) in [6, 6.07) is 4.46. The molecule has 1 aromatic rings. The van der Waals surface area contributed by atoms with Crippen LogP contribution in [0.1, 0.15) is 18.9 Å². The van der Waals surface area contributed by atoms with Gasteiger partial charge in [-0.15, -0.1) is 0 Å². The molecule has 1 heterocycles. The lowest BCUT2D eigenvalue weighted by atomic mass is 10.1. The lowest BCUT2D eigenvalue weighted by Gasteiger charge is -2.16. The molecule has 0 aliphatic carbocycles. The molecule has 2 rings (SSSR count). The summed E-state index contributed by atoms with van der Waals surface area (Å²) in [5, 5.41) is 4.15. The maximum Gasteiger partial charge on any atom is 0.231 e. The maximum absolute atomic E-state index is 6.15. The zero-order valence-electron chi connectivity index (χ0n) is 10.7. The molecule has 1 aromatic carbocycles. The SMILES string of the molecule is CCC(CSC)NCc1cc(Cl)c2c(c1)OCO2. The zero-order chi connectivity index (χ0) is 13.0. The van der Waals surface area contributed by atoms with Gasteiger partial charge in [0, 0.05) is 18.3 Å². The first-order valence-electron chi connectivity index (χ1n) is 6.05. The van der Waals surface area contributed by atoms with Gasteiger partial charge in [0.1, 0.15) is 0 Å². The summed E-state index contributed by atoms with van der Waals surface area (Å²) in [6.45, 7) is 3.26. The number of rotatable bonds is 6. The number of halogens is 1. The van der Waals surface area contributed by atoms with Gasteiger partial charge < -0.3 is 14.8 Å². The first-order chi connectivity index (χ1) is 8.74. The molecule has 3 nitrogen and oxygen atoms in total. The van der Waals surface area contributed by atoms with E-state index in [9.17, 15) is 0 Å². The van der Waals surface area contributed by atoms with E-state index in [1.165, 1.54) is 0 Å². The number of hydrogen-bond donors (Lipinski definition) is 1. The summed E-state index contributed by atoms with van der Waals surface area (Å²) < 4.78 is 10.7. The summed E-state index contributed by atoms with van der Waals surface area (Å²) in [6.07, 6.45) is 3.25. The molecular weight excluding hydrogens is 270 g/mol. The van der Waals surface area contributed by atoms with Crippen LogP contribution in [0.4, 0.5) is 0 Å². The first kappa shape index (κ1) is 13.8. The van der Waals surface area contributed by atoms with E-state index in [1.54, 1.807) is 0 Å².